The minimum Gasteiger partial charge on any atom is -0.479 e. The maximum absolute atomic E-state index is 11.2. The monoisotopic (exact) mass is 341 g/mol. The van der Waals surface area contributed by atoms with E-state index in [2.05, 4.69) is 5.32 Å². The fraction of sp³-hybridized carbons (Fsp3) is 0.562. The zero-order valence-corrected chi connectivity index (χ0v) is 13.8. The van der Waals surface area contributed by atoms with E-state index >= 15 is 0 Å². The second kappa shape index (κ2) is 7.80. The molecule has 0 saturated carbocycles. The molecule has 1 aliphatic rings. The molecule has 0 bridgehead atoms. The summed E-state index contributed by atoms with van der Waals surface area (Å²) in [6.45, 7) is 1.98. The van der Waals surface area contributed by atoms with Crippen LogP contribution in [0, 0.1) is 5.92 Å². The summed E-state index contributed by atoms with van der Waals surface area (Å²) in [6.07, 6.45) is -5.15. The van der Waals surface area contributed by atoms with E-state index in [1.54, 1.807) is 33.2 Å². The van der Waals surface area contributed by atoms with Crippen LogP contribution in [0.3, 0.4) is 0 Å². The molecule has 1 aromatic carbocycles. The zero-order valence-electron chi connectivity index (χ0n) is 13.8. The first-order valence-corrected chi connectivity index (χ1v) is 7.59. The summed E-state index contributed by atoms with van der Waals surface area (Å²) in [5.41, 5.74) is 1.57. The molecular formula is C16H23NO7. The van der Waals surface area contributed by atoms with Gasteiger partial charge in [-0.3, -0.25) is 0 Å². The number of ether oxygens (including phenoxy) is 3. The van der Waals surface area contributed by atoms with Crippen LogP contribution in [0.1, 0.15) is 12.5 Å². The predicted octanol–water partition coefficient (Wildman–Crippen LogP) is 0.421. The van der Waals surface area contributed by atoms with Gasteiger partial charge in [0.2, 0.25) is 6.29 Å². The Balaban J connectivity index is 2.21. The number of methoxy groups -OCH3 is 1. The second-order valence-corrected chi connectivity index (χ2v) is 5.73. The number of rotatable bonds is 6. The molecule has 0 spiro atoms. The van der Waals surface area contributed by atoms with Gasteiger partial charge in [-0.25, -0.2) is 4.79 Å². The lowest BCUT2D eigenvalue weighted by atomic mass is 9.90. The summed E-state index contributed by atoms with van der Waals surface area (Å²) in [4.78, 5) is 11.2. The maximum Gasteiger partial charge on any atom is 0.335 e. The Labute approximate surface area is 140 Å². The van der Waals surface area contributed by atoms with Gasteiger partial charge in [0.15, 0.2) is 6.10 Å². The van der Waals surface area contributed by atoms with Crippen LogP contribution in [-0.4, -0.2) is 60.0 Å². The number of aliphatic hydroxyl groups is 2. The van der Waals surface area contributed by atoms with Crippen LogP contribution < -0.4 is 10.1 Å². The molecule has 1 fully saturated rings. The zero-order chi connectivity index (χ0) is 17.9. The van der Waals surface area contributed by atoms with Crippen LogP contribution in [0.25, 0.3) is 0 Å². The van der Waals surface area contributed by atoms with E-state index in [0.29, 0.717) is 18.0 Å². The van der Waals surface area contributed by atoms with E-state index in [-0.39, 0.29) is 0 Å². The first-order valence-electron chi connectivity index (χ1n) is 7.59. The van der Waals surface area contributed by atoms with Gasteiger partial charge >= 0.3 is 5.97 Å². The third kappa shape index (κ3) is 3.78. The third-order valence-electron chi connectivity index (χ3n) is 4.06. The standard InChI is InChI=1S/C16H23NO7/c1-8-12(18)14(15(20)21)24-16(13(8)19)23-11-5-4-9(7-22-3)6-10(11)17-2/h4-6,8,12-14,16-19H,7H2,1-3H3,(H,20,21)/t8-,12-,13+,14-,16+/m0/s1. The number of aliphatic hydroxyl groups excluding tert-OH is 2. The second-order valence-electron chi connectivity index (χ2n) is 5.73. The molecule has 1 aliphatic heterocycles. The predicted molar refractivity (Wildman–Crippen MR) is 84.8 cm³/mol. The first-order chi connectivity index (χ1) is 11.4. The van der Waals surface area contributed by atoms with Gasteiger partial charge in [-0.1, -0.05) is 13.0 Å². The largest absolute Gasteiger partial charge is 0.479 e. The van der Waals surface area contributed by atoms with Crippen molar-refractivity contribution in [2.45, 2.75) is 38.1 Å². The van der Waals surface area contributed by atoms with Crippen LogP contribution in [0.4, 0.5) is 5.69 Å². The lowest BCUT2D eigenvalue weighted by molar-refractivity contribution is -0.255. The normalized spacial score (nSPS) is 30.0. The van der Waals surface area contributed by atoms with Crippen LogP contribution in [-0.2, 0) is 20.9 Å². The smallest absolute Gasteiger partial charge is 0.335 e. The Morgan fingerprint density at radius 1 is 1.33 bits per heavy atom. The van der Waals surface area contributed by atoms with Gasteiger partial charge in [-0.2, -0.15) is 0 Å². The van der Waals surface area contributed by atoms with Gasteiger partial charge in [0, 0.05) is 20.1 Å². The average Bonchev–Trinajstić information content (AvgIpc) is 2.56. The minimum absolute atomic E-state index is 0.397. The molecule has 0 aromatic heterocycles. The van der Waals surface area contributed by atoms with Crippen molar-refractivity contribution in [2.24, 2.45) is 5.92 Å². The van der Waals surface area contributed by atoms with Gasteiger partial charge < -0.3 is 34.8 Å². The molecule has 8 heteroatoms. The number of aliphatic carboxylic acids is 1. The van der Waals surface area contributed by atoms with Gasteiger partial charge in [0.25, 0.3) is 0 Å². The highest BCUT2D eigenvalue weighted by Gasteiger charge is 2.46. The van der Waals surface area contributed by atoms with Gasteiger partial charge in [-0.05, 0) is 17.7 Å². The van der Waals surface area contributed by atoms with Crippen molar-refractivity contribution in [3.63, 3.8) is 0 Å². The van der Waals surface area contributed by atoms with Crippen LogP contribution in [0.15, 0.2) is 18.2 Å². The molecule has 1 aromatic rings. The molecule has 0 unspecified atom stereocenters. The van der Waals surface area contributed by atoms with Crippen LogP contribution in [0.5, 0.6) is 5.75 Å². The van der Waals surface area contributed by atoms with E-state index < -0.39 is 36.5 Å². The summed E-state index contributed by atoms with van der Waals surface area (Å²) in [7, 11) is 3.30. The highest BCUT2D eigenvalue weighted by Crippen LogP contribution is 2.32. The summed E-state index contributed by atoms with van der Waals surface area (Å²) < 4.78 is 16.0. The molecular weight excluding hydrogens is 318 g/mol. The number of nitrogens with one attached hydrogen (secondary N) is 1. The molecule has 24 heavy (non-hydrogen) atoms. The number of benzene rings is 1. The molecule has 0 radical (unpaired) electrons. The Hall–Kier alpha value is -1.87. The summed E-state index contributed by atoms with van der Waals surface area (Å²) in [6, 6.07) is 5.30. The van der Waals surface area contributed by atoms with Crippen molar-refractivity contribution in [1.82, 2.24) is 0 Å². The van der Waals surface area contributed by atoms with Crippen molar-refractivity contribution in [3.8, 4) is 5.75 Å². The summed E-state index contributed by atoms with van der Waals surface area (Å²) in [5, 5.41) is 32.3. The highest BCUT2D eigenvalue weighted by atomic mass is 16.7. The van der Waals surface area contributed by atoms with Crippen molar-refractivity contribution in [2.75, 3.05) is 19.5 Å². The molecule has 1 saturated heterocycles. The Bertz CT molecular complexity index is 580. The molecule has 1 heterocycles. The quantitative estimate of drug-likeness (QED) is 0.588. The summed E-state index contributed by atoms with van der Waals surface area (Å²) in [5.74, 6) is -1.62. The van der Waals surface area contributed by atoms with Crippen molar-refractivity contribution >= 4 is 11.7 Å². The molecule has 2 rings (SSSR count). The molecule has 4 N–H and O–H groups in total. The number of carbonyl (C=O) groups is 1. The molecule has 8 nitrogen and oxygen atoms in total. The lowest BCUT2D eigenvalue weighted by Gasteiger charge is -2.39. The molecule has 5 atom stereocenters. The van der Waals surface area contributed by atoms with Crippen molar-refractivity contribution in [3.05, 3.63) is 23.8 Å². The fourth-order valence-corrected chi connectivity index (χ4v) is 2.59. The van der Waals surface area contributed by atoms with E-state index in [1.165, 1.54) is 0 Å². The van der Waals surface area contributed by atoms with E-state index in [9.17, 15) is 15.0 Å². The van der Waals surface area contributed by atoms with Gasteiger partial charge in [0.05, 0.1) is 18.4 Å². The minimum atomic E-state index is -1.46. The Morgan fingerprint density at radius 3 is 2.62 bits per heavy atom. The number of carboxylic acids is 1. The Kier molecular flexibility index (Phi) is 6.00. The topological polar surface area (TPSA) is 117 Å². The summed E-state index contributed by atoms with van der Waals surface area (Å²) >= 11 is 0. The van der Waals surface area contributed by atoms with Gasteiger partial charge in [-0.15, -0.1) is 0 Å². The molecule has 0 aliphatic carbocycles. The average molecular weight is 341 g/mol. The molecule has 0 amide bonds. The van der Waals surface area contributed by atoms with Crippen LogP contribution in [0.2, 0.25) is 0 Å². The van der Waals surface area contributed by atoms with Crippen molar-refractivity contribution < 1.29 is 34.3 Å². The number of hydrogen-bond acceptors (Lipinski definition) is 7. The van der Waals surface area contributed by atoms with Crippen molar-refractivity contribution in [1.29, 1.82) is 0 Å². The third-order valence-corrected chi connectivity index (χ3v) is 4.06. The fourth-order valence-electron chi connectivity index (χ4n) is 2.59. The van der Waals surface area contributed by atoms with Crippen LogP contribution >= 0.6 is 0 Å². The maximum atomic E-state index is 11.2. The molecule has 134 valence electrons. The van der Waals surface area contributed by atoms with Gasteiger partial charge in [0.1, 0.15) is 11.9 Å². The lowest BCUT2D eigenvalue weighted by Crippen LogP contribution is -2.57. The SMILES string of the molecule is CNc1cc(COC)ccc1O[C@@H]1O[C@H](C(=O)O)[C@@H](O)[C@H](C)[C@H]1O. The Morgan fingerprint density at radius 2 is 2.04 bits per heavy atom. The number of carboxylic acid groups (broad SMARTS) is 1. The van der Waals surface area contributed by atoms with E-state index in [0.717, 1.165) is 5.56 Å². The number of anilines is 1. The highest BCUT2D eigenvalue weighted by molar-refractivity contribution is 5.73. The first kappa shape index (κ1) is 18.5. The van der Waals surface area contributed by atoms with E-state index in [1.807, 2.05) is 6.07 Å². The number of hydrogen-bond donors (Lipinski definition) is 4. The van der Waals surface area contributed by atoms with E-state index in [4.69, 9.17) is 19.3 Å².